The third-order valence-electron chi connectivity index (χ3n) is 5.94. The van der Waals surface area contributed by atoms with Crippen LogP contribution in [0.5, 0.6) is 5.75 Å². The lowest BCUT2D eigenvalue weighted by molar-refractivity contribution is 0.103. The molecule has 1 aromatic heterocycles. The molecule has 0 unspecified atom stereocenters. The van der Waals surface area contributed by atoms with Crippen molar-refractivity contribution in [3.05, 3.63) is 93.7 Å². The average Bonchev–Trinajstić information content (AvgIpc) is 3.27. The minimum absolute atomic E-state index is 0.00421. The highest BCUT2D eigenvalue weighted by Gasteiger charge is 2.16. The Bertz CT molecular complexity index is 1600. The molecule has 0 fully saturated rings. The smallest absolute Gasteiger partial charge is 0.265 e. The predicted molar refractivity (Wildman–Crippen MR) is 140 cm³/mol. The van der Waals surface area contributed by atoms with E-state index in [4.69, 9.17) is 0 Å². The lowest BCUT2D eigenvalue weighted by Gasteiger charge is -2.13. The zero-order valence-electron chi connectivity index (χ0n) is 19.1. The van der Waals surface area contributed by atoms with E-state index in [2.05, 4.69) is 27.7 Å². The molecule has 0 saturated carbocycles. The Morgan fingerprint density at radius 1 is 0.882 bits per heavy atom. The van der Waals surface area contributed by atoms with Crippen LogP contribution in [0.4, 0.5) is 17.1 Å². The Kier molecular flexibility index (Phi) is 5.59. The molecule has 0 saturated heterocycles. The van der Waals surface area contributed by atoms with Crippen molar-refractivity contribution in [3.63, 3.8) is 0 Å². The van der Waals surface area contributed by atoms with Crippen molar-refractivity contribution in [2.75, 3.05) is 5.32 Å². The molecular formula is C28H23N3O2S. The number of anilines is 1. The lowest BCUT2D eigenvalue weighted by atomic mass is 10.0. The van der Waals surface area contributed by atoms with Gasteiger partial charge in [0, 0.05) is 10.3 Å². The molecule has 0 aliphatic heterocycles. The van der Waals surface area contributed by atoms with Crippen LogP contribution in [0.25, 0.3) is 21.5 Å². The van der Waals surface area contributed by atoms with E-state index >= 15 is 0 Å². The number of aromatic hydroxyl groups is 1. The number of nitrogens with one attached hydrogen (secondary N) is 1. The largest absolute Gasteiger partial charge is 0.505 e. The number of rotatable bonds is 4. The third-order valence-corrected chi connectivity index (χ3v) is 6.94. The van der Waals surface area contributed by atoms with Crippen molar-refractivity contribution in [2.45, 2.75) is 20.8 Å². The van der Waals surface area contributed by atoms with Gasteiger partial charge in [0.15, 0.2) is 5.75 Å². The summed E-state index contributed by atoms with van der Waals surface area (Å²) in [4.78, 5) is 14.4. The number of amides is 1. The predicted octanol–water partition coefficient (Wildman–Crippen LogP) is 8.35. The second kappa shape index (κ2) is 8.72. The number of thiophene rings is 1. The van der Waals surface area contributed by atoms with Crippen LogP contribution in [0.1, 0.15) is 25.7 Å². The number of nitrogens with zero attached hydrogens (tertiary/aromatic N) is 2. The standard InChI is InChI=1S/C28H23N3O2S/c1-16-15-20-8-6-10-23(29-28(33)24-14-11-17(2)34-24)25(20)27(32)26(16)31-30-22-13-12-19-7-4-5-9-21(19)18(22)3/h4-15,32H,1-3H3,(H,29,33). The number of phenolic OH excluding ortho intramolecular Hbond substituents is 1. The van der Waals surface area contributed by atoms with Gasteiger partial charge in [-0.3, -0.25) is 4.79 Å². The van der Waals surface area contributed by atoms with E-state index in [-0.39, 0.29) is 11.7 Å². The van der Waals surface area contributed by atoms with Crippen LogP contribution in [0, 0.1) is 20.8 Å². The fraction of sp³-hybridized carbons (Fsp3) is 0.107. The van der Waals surface area contributed by atoms with E-state index < -0.39 is 0 Å². The summed E-state index contributed by atoms with van der Waals surface area (Å²) in [6, 6.07) is 23.3. The first-order chi connectivity index (χ1) is 16.4. The van der Waals surface area contributed by atoms with Crippen molar-refractivity contribution in [3.8, 4) is 5.75 Å². The molecule has 0 aliphatic carbocycles. The van der Waals surface area contributed by atoms with E-state index in [0.717, 1.165) is 37.9 Å². The van der Waals surface area contributed by atoms with Crippen molar-refractivity contribution in [2.24, 2.45) is 10.2 Å². The number of hydrogen-bond donors (Lipinski definition) is 2. The summed E-state index contributed by atoms with van der Waals surface area (Å²) in [7, 11) is 0. The zero-order valence-corrected chi connectivity index (χ0v) is 19.9. The number of aryl methyl sites for hydroxylation is 3. The van der Waals surface area contributed by atoms with Gasteiger partial charge in [-0.1, -0.05) is 42.5 Å². The van der Waals surface area contributed by atoms with E-state index in [9.17, 15) is 9.90 Å². The van der Waals surface area contributed by atoms with E-state index in [1.54, 1.807) is 12.1 Å². The average molecular weight is 466 g/mol. The number of phenols is 1. The SMILES string of the molecule is Cc1ccc(C(=O)Nc2cccc3cc(C)c(N=Nc4ccc5ccccc5c4C)c(O)c23)s1. The molecule has 0 spiro atoms. The summed E-state index contributed by atoms with van der Waals surface area (Å²) < 4.78 is 0. The van der Waals surface area contributed by atoms with Gasteiger partial charge in [0.25, 0.3) is 5.91 Å². The van der Waals surface area contributed by atoms with Crippen LogP contribution in [0.2, 0.25) is 0 Å². The maximum atomic E-state index is 12.8. The van der Waals surface area contributed by atoms with Gasteiger partial charge in [0.2, 0.25) is 0 Å². The highest BCUT2D eigenvalue weighted by Crippen LogP contribution is 2.42. The van der Waals surface area contributed by atoms with Crippen molar-refractivity contribution in [1.82, 2.24) is 0 Å². The van der Waals surface area contributed by atoms with Crippen LogP contribution >= 0.6 is 11.3 Å². The fourth-order valence-electron chi connectivity index (χ4n) is 4.16. The molecule has 5 rings (SSSR count). The summed E-state index contributed by atoms with van der Waals surface area (Å²) >= 11 is 1.43. The molecule has 1 heterocycles. The Morgan fingerprint density at radius 3 is 2.47 bits per heavy atom. The molecule has 5 nitrogen and oxygen atoms in total. The van der Waals surface area contributed by atoms with Crippen LogP contribution in [-0.4, -0.2) is 11.0 Å². The third kappa shape index (κ3) is 3.93. The highest BCUT2D eigenvalue weighted by molar-refractivity contribution is 7.14. The number of hydrogen-bond acceptors (Lipinski definition) is 5. The normalized spacial score (nSPS) is 11.5. The highest BCUT2D eigenvalue weighted by atomic mass is 32.1. The topological polar surface area (TPSA) is 74.0 Å². The van der Waals surface area contributed by atoms with Crippen molar-refractivity contribution in [1.29, 1.82) is 0 Å². The molecule has 0 atom stereocenters. The van der Waals surface area contributed by atoms with E-state index in [1.807, 2.05) is 69.3 Å². The molecular weight excluding hydrogens is 442 g/mol. The van der Waals surface area contributed by atoms with E-state index in [0.29, 0.717) is 21.6 Å². The van der Waals surface area contributed by atoms with Crippen LogP contribution in [0.3, 0.4) is 0 Å². The Morgan fingerprint density at radius 2 is 1.68 bits per heavy atom. The van der Waals surface area contributed by atoms with Gasteiger partial charge < -0.3 is 10.4 Å². The van der Waals surface area contributed by atoms with Crippen molar-refractivity contribution >= 4 is 55.9 Å². The summed E-state index contributed by atoms with van der Waals surface area (Å²) in [5.74, 6) is -0.212. The second-order valence-electron chi connectivity index (χ2n) is 8.29. The molecule has 6 heteroatoms. The Labute approximate surface area is 201 Å². The number of benzene rings is 4. The number of fused-ring (bicyclic) bond motifs is 2. The van der Waals surface area contributed by atoms with Gasteiger partial charge in [-0.25, -0.2) is 0 Å². The van der Waals surface area contributed by atoms with Gasteiger partial charge in [0.1, 0.15) is 5.69 Å². The summed E-state index contributed by atoms with van der Waals surface area (Å²) in [6.45, 7) is 5.87. The van der Waals surface area contributed by atoms with Crippen LogP contribution in [-0.2, 0) is 0 Å². The molecule has 1 amide bonds. The lowest BCUT2D eigenvalue weighted by Crippen LogP contribution is -2.10. The second-order valence-corrected chi connectivity index (χ2v) is 9.58. The van der Waals surface area contributed by atoms with Crippen molar-refractivity contribution < 1.29 is 9.90 Å². The molecule has 5 aromatic rings. The number of carbonyl (C=O) groups excluding carboxylic acids is 1. The van der Waals surface area contributed by atoms with Gasteiger partial charge in [-0.15, -0.1) is 16.5 Å². The fourth-order valence-corrected chi connectivity index (χ4v) is 4.92. The molecule has 168 valence electrons. The van der Waals surface area contributed by atoms with Gasteiger partial charge in [0.05, 0.1) is 16.3 Å². The minimum atomic E-state index is -0.208. The minimum Gasteiger partial charge on any atom is -0.505 e. The molecule has 0 aliphatic rings. The zero-order chi connectivity index (χ0) is 23.8. The first-order valence-electron chi connectivity index (χ1n) is 11.0. The van der Waals surface area contributed by atoms with E-state index in [1.165, 1.54) is 11.3 Å². The summed E-state index contributed by atoms with van der Waals surface area (Å²) in [5, 5.41) is 26.7. The molecule has 34 heavy (non-hydrogen) atoms. The monoisotopic (exact) mass is 465 g/mol. The molecule has 4 aromatic carbocycles. The Balaban J connectivity index is 1.56. The van der Waals surface area contributed by atoms with Gasteiger partial charge in [-0.2, -0.15) is 5.11 Å². The van der Waals surface area contributed by atoms with Gasteiger partial charge in [-0.05, 0) is 78.4 Å². The number of azo groups is 1. The quantitative estimate of drug-likeness (QED) is 0.262. The number of carbonyl (C=O) groups is 1. The maximum Gasteiger partial charge on any atom is 0.265 e. The Hall–Kier alpha value is -4.03. The molecule has 0 radical (unpaired) electrons. The first-order valence-corrected chi connectivity index (χ1v) is 11.8. The van der Waals surface area contributed by atoms with Crippen LogP contribution in [0.15, 0.2) is 83.0 Å². The maximum absolute atomic E-state index is 12.8. The summed E-state index contributed by atoms with van der Waals surface area (Å²) in [5.41, 5.74) is 3.48. The van der Waals surface area contributed by atoms with Gasteiger partial charge >= 0.3 is 0 Å². The molecule has 2 N–H and O–H groups in total. The molecule has 0 bridgehead atoms. The van der Waals surface area contributed by atoms with Crippen LogP contribution < -0.4 is 5.32 Å². The summed E-state index contributed by atoms with van der Waals surface area (Å²) in [6.07, 6.45) is 0. The first kappa shape index (κ1) is 21.8.